The maximum atomic E-state index is 9.12. The van der Waals surface area contributed by atoms with E-state index in [9.17, 15) is 0 Å². The van der Waals surface area contributed by atoms with Crippen LogP contribution in [0.4, 0.5) is 0 Å². The van der Waals surface area contributed by atoms with Crippen molar-refractivity contribution >= 4 is 0 Å². The zero-order chi connectivity index (χ0) is 18.0. The zero-order valence-electron chi connectivity index (χ0n) is 15.7. The van der Waals surface area contributed by atoms with E-state index >= 15 is 0 Å². The van der Waals surface area contributed by atoms with Crippen molar-refractivity contribution in [3.8, 4) is 6.07 Å². The summed E-state index contributed by atoms with van der Waals surface area (Å²) in [5, 5.41) is 13.5. The van der Waals surface area contributed by atoms with Crippen molar-refractivity contribution in [2.45, 2.75) is 25.4 Å². The zero-order valence-corrected chi connectivity index (χ0v) is 15.7. The summed E-state index contributed by atoms with van der Waals surface area (Å²) in [6.07, 6.45) is 6.43. The first-order chi connectivity index (χ1) is 12.0. The van der Waals surface area contributed by atoms with E-state index in [1.807, 2.05) is 35.6 Å². The number of aromatic nitrogens is 3. The van der Waals surface area contributed by atoms with Crippen molar-refractivity contribution in [1.29, 1.82) is 5.26 Å². The van der Waals surface area contributed by atoms with Crippen molar-refractivity contribution in [3.05, 3.63) is 41.5 Å². The van der Waals surface area contributed by atoms with Gasteiger partial charge in [-0.1, -0.05) is 0 Å². The Labute approximate surface area is 150 Å². The summed E-state index contributed by atoms with van der Waals surface area (Å²) in [5.41, 5.74) is 3.21. The number of nitriles is 1. The number of nitrogens with zero attached hydrogens (tertiary/aromatic N) is 6. The molecule has 0 spiro atoms. The molecule has 25 heavy (non-hydrogen) atoms. The van der Waals surface area contributed by atoms with Crippen LogP contribution >= 0.6 is 0 Å². The molecule has 0 saturated carbocycles. The fourth-order valence-corrected chi connectivity index (χ4v) is 4.20. The van der Waals surface area contributed by atoms with E-state index in [4.69, 9.17) is 5.26 Å². The minimum absolute atomic E-state index is 0.411. The van der Waals surface area contributed by atoms with Crippen molar-refractivity contribution in [3.63, 3.8) is 0 Å². The molecule has 6 nitrogen and oxygen atoms in total. The van der Waals surface area contributed by atoms with Gasteiger partial charge in [0.25, 0.3) is 0 Å². The van der Waals surface area contributed by atoms with E-state index < -0.39 is 0 Å². The third-order valence-electron chi connectivity index (χ3n) is 5.34. The van der Waals surface area contributed by atoms with Crippen LogP contribution in [0.3, 0.4) is 0 Å². The van der Waals surface area contributed by atoms with Gasteiger partial charge < -0.3 is 9.47 Å². The Morgan fingerprint density at radius 2 is 2.16 bits per heavy atom. The molecule has 2 aromatic rings. The number of aryl methyl sites for hydroxylation is 2. The molecule has 0 aromatic carbocycles. The van der Waals surface area contributed by atoms with Crippen LogP contribution in [0.15, 0.2) is 24.5 Å². The molecule has 0 aliphatic carbocycles. The van der Waals surface area contributed by atoms with E-state index in [0.29, 0.717) is 17.7 Å². The molecular formula is C19H28N6. The molecule has 2 atom stereocenters. The van der Waals surface area contributed by atoms with Crippen LogP contribution in [0.25, 0.3) is 0 Å². The summed E-state index contributed by atoms with van der Waals surface area (Å²) >= 11 is 0. The molecule has 2 aromatic heterocycles. The Balaban J connectivity index is 1.70. The highest BCUT2D eigenvalue weighted by Gasteiger charge is 2.32. The minimum Gasteiger partial charge on any atom is -0.342 e. The third-order valence-corrected chi connectivity index (χ3v) is 5.34. The van der Waals surface area contributed by atoms with E-state index in [0.717, 1.165) is 19.6 Å². The van der Waals surface area contributed by atoms with Gasteiger partial charge in [0.15, 0.2) is 0 Å². The van der Waals surface area contributed by atoms with E-state index in [1.54, 1.807) is 0 Å². The van der Waals surface area contributed by atoms with Gasteiger partial charge in [-0.2, -0.15) is 10.4 Å². The molecule has 1 aliphatic rings. The first kappa shape index (κ1) is 17.7. The Morgan fingerprint density at radius 3 is 2.80 bits per heavy atom. The standard InChI is InChI=1S/C19H28N6/c1-22(12-15-10-17(11-20)24(3)13-15)14-16-6-5-9-23(2)19(16)18-7-8-21-25(18)4/h7-8,10,13,16,19H,5-6,9,12,14H2,1-4H3/t16-,19+/m0/s1. The predicted octanol–water partition coefficient (Wildman–Crippen LogP) is 2.15. The monoisotopic (exact) mass is 340 g/mol. The van der Waals surface area contributed by atoms with Crippen LogP contribution in [0.1, 0.15) is 35.8 Å². The number of hydrogen-bond acceptors (Lipinski definition) is 4. The highest BCUT2D eigenvalue weighted by molar-refractivity contribution is 5.28. The Hall–Kier alpha value is -2.10. The smallest absolute Gasteiger partial charge is 0.120 e. The van der Waals surface area contributed by atoms with Gasteiger partial charge in [0.1, 0.15) is 11.8 Å². The predicted molar refractivity (Wildman–Crippen MR) is 97.8 cm³/mol. The topological polar surface area (TPSA) is 53.0 Å². The average molecular weight is 340 g/mol. The highest BCUT2D eigenvalue weighted by atomic mass is 15.3. The molecule has 0 N–H and O–H groups in total. The Kier molecular flexibility index (Phi) is 5.26. The van der Waals surface area contributed by atoms with Crippen molar-refractivity contribution in [2.75, 3.05) is 27.2 Å². The van der Waals surface area contributed by atoms with Gasteiger partial charge in [-0.3, -0.25) is 9.58 Å². The quantitative estimate of drug-likeness (QED) is 0.837. The lowest BCUT2D eigenvalue weighted by Crippen LogP contribution is -2.41. The van der Waals surface area contributed by atoms with Gasteiger partial charge in [-0.25, -0.2) is 0 Å². The van der Waals surface area contributed by atoms with Crippen LogP contribution < -0.4 is 0 Å². The number of rotatable bonds is 5. The van der Waals surface area contributed by atoms with Crippen molar-refractivity contribution < 1.29 is 0 Å². The molecule has 3 heterocycles. The van der Waals surface area contributed by atoms with Crippen molar-refractivity contribution in [1.82, 2.24) is 24.1 Å². The van der Waals surface area contributed by atoms with Gasteiger partial charge in [0, 0.05) is 39.6 Å². The van der Waals surface area contributed by atoms with E-state index in [2.05, 4.69) is 47.3 Å². The second-order valence-corrected chi connectivity index (χ2v) is 7.36. The second-order valence-electron chi connectivity index (χ2n) is 7.36. The van der Waals surface area contributed by atoms with E-state index in [-0.39, 0.29) is 0 Å². The Bertz CT molecular complexity index is 752. The number of piperidine rings is 1. The summed E-state index contributed by atoms with van der Waals surface area (Å²) in [7, 11) is 8.36. The molecule has 3 rings (SSSR count). The molecule has 134 valence electrons. The maximum absolute atomic E-state index is 9.12. The SMILES string of the molecule is CN(Cc1cc(C#N)n(C)c1)C[C@@H]1CCCN(C)[C@H]1c1ccnn1C. The number of hydrogen-bond donors (Lipinski definition) is 0. The lowest BCUT2D eigenvalue weighted by Gasteiger charge is -2.40. The maximum Gasteiger partial charge on any atom is 0.120 e. The van der Waals surface area contributed by atoms with Gasteiger partial charge in [0.2, 0.25) is 0 Å². The molecular weight excluding hydrogens is 312 g/mol. The van der Waals surface area contributed by atoms with Crippen LogP contribution in [0, 0.1) is 17.2 Å². The lowest BCUT2D eigenvalue weighted by molar-refractivity contribution is 0.0873. The van der Waals surface area contributed by atoms with Crippen LogP contribution in [0.5, 0.6) is 0 Å². The van der Waals surface area contributed by atoms with E-state index in [1.165, 1.54) is 24.1 Å². The van der Waals surface area contributed by atoms with Gasteiger partial charge in [-0.15, -0.1) is 0 Å². The van der Waals surface area contributed by atoms with Crippen LogP contribution in [-0.4, -0.2) is 51.3 Å². The van der Waals surface area contributed by atoms with Gasteiger partial charge in [0.05, 0.1) is 11.7 Å². The largest absolute Gasteiger partial charge is 0.342 e. The molecule has 1 aliphatic heterocycles. The molecule has 0 amide bonds. The molecule has 1 saturated heterocycles. The lowest BCUT2D eigenvalue weighted by atomic mass is 9.87. The third kappa shape index (κ3) is 3.78. The van der Waals surface area contributed by atoms with Gasteiger partial charge >= 0.3 is 0 Å². The summed E-state index contributed by atoms with van der Waals surface area (Å²) in [5.74, 6) is 0.582. The molecule has 0 bridgehead atoms. The van der Waals surface area contributed by atoms with Gasteiger partial charge in [-0.05, 0) is 57.1 Å². The fraction of sp³-hybridized carbons (Fsp3) is 0.579. The summed E-state index contributed by atoms with van der Waals surface area (Å²) < 4.78 is 3.91. The summed E-state index contributed by atoms with van der Waals surface area (Å²) in [6.45, 7) is 3.05. The molecule has 6 heteroatoms. The Morgan fingerprint density at radius 1 is 1.36 bits per heavy atom. The molecule has 1 fully saturated rings. The summed E-state index contributed by atoms with van der Waals surface area (Å²) in [6, 6.07) is 6.78. The first-order valence-corrected chi connectivity index (χ1v) is 8.91. The fourth-order valence-electron chi connectivity index (χ4n) is 4.20. The highest BCUT2D eigenvalue weighted by Crippen LogP contribution is 2.35. The average Bonchev–Trinajstić information content (AvgIpc) is 3.13. The van der Waals surface area contributed by atoms with Crippen LogP contribution in [-0.2, 0) is 20.6 Å². The molecule has 0 unspecified atom stereocenters. The minimum atomic E-state index is 0.411. The summed E-state index contributed by atoms with van der Waals surface area (Å²) in [4.78, 5) is 4.85. The first-order valence-electron chi connectivity index (χ1n) is 8.91. The van der Waals surface area contributed by atoms with Crippen molar-refractivity contribution in [2.24, 2.45) is 20.0 Å². The number of likely N-dealkylation sites (tertiary alicyclic amines) is 1. The normalized spacial score (nSPS) is 21.6. The second kappa shape index (κ2) is 7.42. The van der Waals surface area contributed by atoms with Crippen LogP contribution in [0.2, 0.25) is 0 Å². The molecule has 0 radical (unpaired) electrons.